The number of hydrogen-bond acceptors (Lipinski definition) is 1. The van der Waals surface area contributed by atoms with Gasteiger partial charge in [-0.15, -0.1) is 0 Å². The van der Waals surface area contributed by atoms with Crippen LogP contribution in [0.25, 0.3) is 0 Å². The maximum Gasteiger partial charge on any atom is 0.231 e. The molecule has 1 unspecified atom stereocenters. The highest BCUT2D eigenvalue weighted by Crippen LogP contribution is 2.01. The Hall–Kier alpha value is -0.710. The van der Waals surface area contributed by atoms with Gasteiger partial charge in [-0.2, -0.15) is 0 Å². The summed E-state index contributed by atoms with van der Waals surface area (Å²) >= 11 is -1.87. The van der Waals surface area contributed by atoms with Gasteiger partial charge in [-0.25, -0.2) is 8.93 Å². The van der Waals surface area contributed by atoms with Crippen LogP contribution in [-0.4, -0.2) is 15.3 Å². The van der Waals surface area contributed by atoms with Crippen molar-refractivity contribution < 1.29 is 8.76 Å². The first-order chi connectivity index (χ1) is 6.29. The quantitative estimate of drug-likeness (QED) is 0.555. The molecule has 0 spiro atoms. The molecule has 0 amide bonds. The van der Waals surface area contributed by atoms with E-state index >= 15 is 0 Å². The number of nitrogens with one attached hydrogen (secondary N) is 1. The Balaban J connectivity index is 2.17. The average Bonchev–Trinajstić information content (AvgIpc) is 2.14. The van der Waals surface area contributed by atoms with Crippen LogP contribution in [0.4, 0.5) is 0 Å². The molecule has 0 aliphatic rings. The van der Waals surface area contributed by atoms with Crippen molar-refractivity contribution in [3.63, 3.8) is 0 Å². The molecule has 0 radical (unpaired) electrons. The summed E-state index contributed by atoms with van der Waals surface area (Å²) in [6.07, 6.45) is 1.81. The van der Waals surface area contributed by atoms with E-state index in [0.29, 0.717) is 6.54 Å². The number of benzene rings is 1. The second-order valence-corrected chi connectivity index (χ2v) is 3.52. The molecule has 1 aromatic rings. The van der Waals surface area contributed by atoms with Gasteiger partial charge in [0.05, 0.1) is 0 Å². The van der Waals surface area contributed by atoms with Crippen molar-refractivity contribution in [3.05, 3.63) is 35.9 Å². The van der Waals surface area contributed by atoms with E-state index in [0.717, 1.165) is 12.8 Å². The molecule has 0 aromatic heterocycles. The second kappa shape index (κ2) is 5.85. The minimum Gasteiger partial charge on any atom is -0.294 e. The SMILES string of the molecule is O=S(O)NCCCc1ccccc1. The van der Waals surface area contributed by atoms with E-state index in [2.05, 4.69) is 16.9 Å². The van der Waals surface area contributed by atoms with Crippen LogP contribution in [0, 0.1) is 0 Å². The van der Waals surface area contributed by atoms with Gasteiger partial charge < -0.3 is 0 Å². The van der Waals surface area contributed by atoms with Crippen molar-refractivity contribution in [3.8, 4) is 0 Å². The third-order valence-electron chi connectivity index (χ3n) is 1.71. The van der Waals surface area contributed by atoms with Crippen LogP contribution in [-0.2, 0) is 17.7 Å². The van der Waals surface area contributed by atoms with Crippen molar-refractivity contribution in [2.24, 2.45) is 0 Å². The first-order valence-corrected chi connectivity index (χ1v) is 5.28. The molecule has 0 aliphatic carbocycles. The molecular formula is C9H13NO2S. The van der Waals surface area contributed by atoms with Gasteiger partial charge in [0.15, 0.2) is 0 Å². The highest BCUT2D eigenvalue weighted by molar-refractivity contribution is 7.77. The number of rotatable bonds is 5. The van der Waals surface area contributed by atoms with Crippen LogP contribution in [0.1, 0.15) is 12.0 Å². The first-order valence-electron chi connectivity index (χ1n) is 4.17. The zero-order valence-electron chi connectivity index (χ0n) is 7.27. The highest BCUT2D eigenvalue weighted by atomic mass is 32.2. The normalized spacial score (nSPS) is 12.7. The summed E-state index contributed by atoms with van der Waals surface area (Å²) in [5.41, 5.74) is 1.26. The van der Waals surface area contributed by atoms with Crippen LogP contribution in [0.5, 0.6) is 0 Å². The smallest absolute Gasteiger partial charge is 0.231 e. The topological polar surface area (TPSA) is 49.3 Å². The summed E-state index contributed by atoms with van der Waals surface area (Å²) < 4.78 is 21.1. The summed E-state index contributed by atoms with van der Waals surface area (Å²) in [7, 11) is 0. The Bertz CT molecular complexity index is 264. The van der Waals surface area contributed by atoms with Crippen LogP contribution < -0.4 is 4.72 Å². The summed E-state index contributed by atoms with van der Waals surface area (Å²) in [6, 6.07) is 10.1. The zero-order chi connectivity index (χ0) is 9.52. The lowest BCUT2D eigenvalue weighted by molar-refractivity contribution is 0.547. The summed E-state index contributed by atoms with van der Waals surface area (Å²) in [6.45, 7) is 0.567. The molecule has 0 aliphatic heterocycles. The summed E-state index contributed by atoms with van der Waals surface area (Å²) in [4.78, 5) is 0. The maximum absolute atomic E-state index is 10.2. The van der Waals surface area contributed by atoms with Crippen LogP contribution in [0.2, 0.25) is 0 Å². The Morgan fingerprint density at radius 1 is 1.31 bits per heavy atom. The lowest BCUT2D eigenvalue weighted by atomic mass is 10.1. The average molecular weight is 199 g/mol. The van der Waals surface area contributed by atoms with Gasteiger partial charge in [0.25, 0.3) is 0 Å². The van der Waals surface area contributed by atoms with Crippen molar-refractivity contribution in [2.45, 2.75) is 12.8 Å². The third kappa shape index (κ3) is 4.77. The first kappa shape index (κ1) is 10.4. The van der Waals surface area contributed by atoms with E-state index in [1.165, 1.54) is 5.56 Å². The van der Waals surface area contributed by atoms with E-state index < -0.39 is 11.3 Å². The molecule has 13 heavy (non-hydrogen) atoms. The van der Waals surface area contributed by atoms with E-state index in [1.54, 1.807) is 0 Å². The molecule has 0 heterocycles. The van der Waals surface area contributed by atoms with E-state index in [4.69, 9.17) is 4.55 Å². The van der Waals surface area contributed by atoms with Gasteiger partial charge in [-0.05, 0) is 18.4 Å². The van der Waals surface area contributed by atoms with Gasteiger partial charge in [0, 0.05) is 6.54 Å². The molecule has 0 bridgehead atoms. The van der Waals surface area contributed by atoms with E-state index in [-0.39, 0.29) is 0 Å². The molecule has 4 heteroatoms. The molecule has 1 atom stereocenters. The lowest BCUT2D eigenvalue weighted by Crippen LogP contribution is -2.17. The van der Waals surface area contributed by atoms with Crippen molar-refractivity contribution in [1.29, 1.82) is 0 Å². The van der Waals surface area contributed by atoms with Crippen molar-refractivity contribution in [1.82, 2.24) is 4.72 Å². The molecule has 3 nitrogen and oxygen atoms in total. The predicted molar refractivity (Wildman–Crippen MR) is 53.5 cm³/mol. The monoisotopic (exact) mass is 199 g/mol. The Morgan fingerprint density at radius 3 is 2.62 bits per heavy atom. The van der Waals surface area contributed by atoms with Crippen LogP contribution in [0.15, 0.2) is 30.3 Å². The van der Waals surface area contributed by atoms with E-state index in [1.807, 2.05) is 18.2 Å². The zero-order valence-corrected chi connectivity index (χ0v) is 8.09. The predicted octanol–water partition coefficient (Wildman–Crippen LogP) is 1.35. The van der Waals surface area contributed by atoms with Gasteiger partial charge in [-0.3, -0.25) is 4.55 Å². The van der Waals surface area contributed by atoms with Crippen LogP contribution in [0.3, 0.4) is 0 Å². The highest BCUT2D eigenvalue weighted by Gasteiger charge is 1.93. The summed E-state index contributed by atoms with van der Waals surface area (Å²) in [5, 5.41) is 0. The lowest BCUT2D eigenvalue weighted by Gasteiger charge is -2.00. The molecule has 1 rings (SSSR count). The van der Waals surface area contributed by atoms with Crippen molar-refractivity contribution >= 4 is 11.3 Å². The maximum atomic E-state index is 10.2. The Labute approximate surface area is 80.6 Å². The van der Waals surface area contributed by atoms with Gasteiger partial charge >= 0.3 is 0 Å². The minimum absolute atomic E-state index is 0.567. The molecule has 0 fully saturated rings. The minimum atomic E-state index is -1.87. The fourth-order valence-electron chi connectivity index (χ4n) is 1.10. The second-order valence-electron chi connectivity index (χ2n) is 2.73. The number of hydrogen-bond donors (Lipinski definition) is 2. The standard InChI is InChI=1S/C9H13NO2S/c11-13(12)10-8-4-7-9-5-2-1-3-6-9/h1-3,5-6,10H,4,7-8H2,(H,11,12). The van der Waals surface area contributed by atoms with Gasteiger partial charge in [0.2, 0.25) is 11.3 Å². The van der Waals surface area contributed by atoms with E-state index in [9.17, 15) is 4.21 Å². The van der Waals surface area contributed by atoms with Crippen molar-refractivity contribution in [2.75, 3.05) is 6.54 Å². The Morgan fingerprint density at radius 2 is 2.00 bits per heavy atom. The fourth-order valence-corrected chi connectivity index (χ4v) is 1.42. The number of aryl methyl sites for hydroxylation is 1. The molecular weight excluding hydrogens is 186 g/mol. The molecule has 1 aromatic carbocycles. The largest absolute Gasteiger partial charge is 0.294 e. The molecule has 2 N–H and O–H groups in total. The fraction of sp³-hybridized carbons (Fsp3) is 0.333. The van der Waals surface area contributed by atoms with Gasteiger partial charge in [0.1, 0.15) is 0 Å². The third-order valence-corrected chi connectivity index (χ3v) is 2.16. The molecule has 0 saturated carbocycles. The Kier molecular flexibility index (Phi) is 4.67. The molecule has 72 valence electrons. The van der Waals surface area contributed by atoms with Gasteiger partial charge in [-0.1, -0.05) is 30.3 Å². The molecule has 0 saturated heterocycles. The summed E-state index contributed by atoms with van der Waals surface area (Å²) in [5.74, 6) is 0. The van der Waals surface area contributed by atoms with Crippen LogP contribution >= 0.6 is 0 Å².